The standard InChI is InChI=1S/C14H17N5/c1-4-12(14-16-5-6-17-14)19-13-11(8-15)9(2)7-10(3)18-13/h5-7,12H,4H2,1-3H3,(H,16,17)(H,18,19). The fourth-order valence-corrected chi connectivity index (χ4v) is 2.08. The van der Waals surface area contributed by atoms with Gasteiger partial charge in [-0.2, -0.15) is 5.26 Å². The molecule has 0 saturated heterocycles. The molecule has 0 spiro atoms. The van der Waals surface area contributed by atoms with Crippen molar-refractivity contribution in [1.29, 1.82) is 5.26 Å². The fraction of sp³-hybridized carbons (Fsp3) is 0.357. The maximum atomic E-state index is 9.25. The van der Waals surface area contributed by atoms with Gasteiger partial charge in [-0.1, -0.05) is 6.92 Å². The van der Waals surface area contributed by atoms with Crippen molar-refractivity contribution in [1.82, 2.24) is 15.0 Å². The molecule has 0 bridgehead atoms. The van der Waals surface area contributed by atoms with Gasteiger partial charge in [0.1, 0.15) is 17.7 Å². The van der Waals surface area contributed by atoms with Crippen LogP contribution in [0.15, 0.2) is 18.5 Å². The second kappa shape index (κ2) is 5.53. The highest BCUT2D eigenvalue weighted by Gasteiger charge is 2.15. The molecule has 98 valence electrons. The van der Waals surface area contributed by atoms with Gasteiger partial charge in [0.25, 0.3) is 0 Å². The number of nitrogens with one attached hydrogen (secondary N) is 2. The summed E-state index contributed by atoms with van der Waals surface area (Å²) in [6, 6.07) is 4.15. The maximum absolute atomic E-state index is 9.25. The quantitative estimate of drug-likeness (QED) is 0.880. The van der Waals surface area contributed by atoms with Crippen LogP contribution in [0.5, 0.6) is 0 Å². The van der Waals surface area contributed by atoms with E-state index < -0.39 is 0 Å². The van der Waals surface area contributed by atoms with Crippen LogP contribution in [0.2, 0.25) is 0 Å². The lowest BCUT2D eigenvalue weighted by molar-refractivity contribution is 0.699. The van der Waals surface area contributed by atoms with Gasteiger partial charge in [-0.25, -0.2) is 9.97 Å². The summed E-state index contributed by atoms with van der Waals surface area (Å²) in [6.45, 7) is 5.91. The maximum Gasteiger partial charge on any atom is 0.145 e. The molecule has 1 unspecified atom stereocenters. The first-order chi connectivity index (χ1) is 9.15. The minimum atomic E-state index is 0.0239. The van der Waals surface area contributed by atoms with Gasteiger partial charge in [0, 0.05) is 18.1 Å². The molecule has 2 rings (SSSR count). The molecule has 2 aromatic heterocycles. The highest BCUT2D eigenvalue weighted by Crippen LogP contribution is 2.23. The topological polar surface area (TPSA) is 77.4 Å². The summed E-state index contributed by atoms with van der Waals surface area (Å²) in [6.07, 6.45) is 4.37. The Morgan fingerprint density at radius 2 is 2.26 bits per heavy atom. The molecular weight excluding hydrogens is 238 g/mol. The fourth-order valence-electron chi connectivity index (χ4n) is 2.08. The summed E-state index contributed by atoms with van der Waals surface area (Å²) < 4.78 is 0. The number of aromatic nitrogens is 3. The summed E-state index contributed by atoms with van der Waals surface area (Å²) in [7, 11) is 0. The lowest BCUT2D eigenvalue weighted by Crippen LogP contribution is -2.14. The Labute approximate surface area is 112 Å². The zero-order chi connectivity index (χ0) is 13.8. The molecule has 0 radical (unpaired) electrons. The summed E-state index contributed by atoms with van der Waals surface area (Å²) in [5, 5.41) is 12.6. The van der Waals surface area contributed by atoms with Gasteiger partial charge in [0.2, 0.25) is 0 Å². The summed E-state index contributed by atoms with van der Waals surface area (Å²) in [5.74, 6) is 1.48. The SMILES string of the molecule is CCC(Nc1nc(C)cc(C)c1C#N)c1ncc[nH]1. The highest BCUT2D eigenvalue weighted by molar-refractivity contribution is 5.57. The molecule has 0 aliphatic carbocycles. The van der Waals surface area contributed by atoms with Crippen molar-refractivity contribution in [3.63, 3.8) is 0 Å². The van der Waals surface area contributed by atoms with E-state index in [1.165, 1.54) is 0 Å². The molecule has 0 aromatic carbocycles. The van der Waals surface area contributed by atoms with Crippen LogP contribution in [-0.2, 0) is 0 Å². The molecule has 0 amide bonds. The molecular formula is C14H17N5. The third-order valence-electron chi connectivity index (χ3n) is 3.03. The van der Waals surface area contributed by atoms with Crippen molar-refractivity contribution in [2.45, 2.75) is 33.2 Å². The minimum Gasteiger partial charge on any atom is -0.359 e. The number of aromatic amines is 1. The molecule has 2 N–H and O–H groups in total. The van der Waals surface area contributed by atoms with Crippen LogP contribution < -0.4 is 5.32 Å². The molecule has 0 fully saturated rings. The molecule has 2 aromatic rings. The molecule has 5 nitrogen and oxygen atoms in total. The van der Waals surface area contributed by atoms with E-state index in [9.17, 15) is 5.26 Å². The van der Waals surface area contributed by atoms with Crippen LogP contribution in [-0.4, -0.2) is 15.0 Å². The van der Waals surface area contributed by atoms with E-state index in [1.54, 1.807) is 12.4 Å². The molecule has 0 aliphatic rings. The summed E-state index contributed by atoms with van der Waals surface area (Å²) in [4.78, 5) is 11.8. The van der Waals surface area contributed by atoms with E-state index in [1.807, 2.05) is 19.9 Å². The Morgan fingerprint density at radius 3 is 2.84 bits per heavy atom. The van der Waals surface area contributed by atoms with Crippen molar-refractivity contribution in [2.24, 2.45) is 0 Å². The van der Waals surface area contributed by atoms with Crippen LogP contribution in [0.3, 0.4) is 0 Å². The summed E-state index contributed by atoms with van der Waals surface area (Å²) in [5.41, 5.74) is 2.43. The molecule has 0 saturated carbocycles. The van der Waals surface area contributed by atoms with E-state index >= 15 is 0 Å². The minimum absolute atomic E-state index is 0.0239. The zero-order valence-corrected chi connectivity index (χ0v) is 11.4. The van der Waals surface area contributed by atoms with E-state index in [0.29, 0.717) is 11.4 Å². The van der Waals surface area contributed by atoms with Gasteiger partial charge in [-0.15, -0.1) is 0 Å². The predicted molar refractivity (Wildman–Crippen MR) is 73.7 cm³/mol. The zero-order valence-electron chi connectivity index (χ0n) is 11.4. The normalized spacial score (nSPS) is 11.9. The van der Waals surface area contributed by atoms with Gasteiger partial charge < -0.3 is 10.3 Å². The number of imidazole rings is 1. The average molecular weight is 255 g/mol. The molecule has 0 aliphatic heterocycles. The number of pyridine rings is 1. The first-order valence-corrected chi connectivity index (χ1v) is 6.29. The van der Waals surface area contributed by atoms with Crippen LogP contribution in [0.1, 0.15) is 42.0 Å². The number of hydrogen-bond donors (Lipinski definition) is 2. The lowest BCUT2D eigenvalue weighted by Gasteiger charge is -2.17. The Hall–Kier alpha value is -2.35. The van der Waals surface area contributed by atoms with Gasteiger partial charge in [-0.3, -0.25) is 0 Å². The number of nitrogens with zero attached hydrogens (tertiary/aromatic N) is 3. The Morgan fingerprint density at radius 1 is 1.47 bits per heavy atom. The largest absolute Gasteiger partial charge is 0.359 e. The molecule has 1 atom stereocenters. The molecule has 2 heterocycles. The van der Waals surface area contributed by atoms with E-state index in [4.69, 9.17) is 0 Å². The Bertz CT molecular complexity index is 595. The summed E-state index contributed by atoms with van der Waals surface area (Å²) >= 11 is 0. The van der Waals surface area contributed by atoms with Crippen molar-refractivity contribution in [2.75, 3.05) is 5.32 Å². The van der Waals surface area contributed by atoms with Gasteiger partial charge >= 0.3 is 0 Å². The molecule has 19 heavy (non-hydrogen) atoms. The smallest absolute Gasteiger partial charge is 0.145 e. The number of rotatable bonds is 4. The third-order valence-corrected chi connectivity index (χ3v) is 3.03. The number of anilines is 1. The van der Waals surface area contributed by atoms with Crippen LogP contribution in [0.25, 0.3) is 0 Å². The number of H-pyrrole nitrogens is 1. The van der Waals surface area contributed by atoms with Gasteiger partial charge in [0.05, 0.1) is 11.6 Å². The number of nitriles is 1. The number of hydrogen-bond acceptors (Lipinski definition) is 4. The Balaban J connectivity index is 2.35. The second-order valence-corrected chi connectivity index (χ2v) is 4.50. The van der Waals surface area contributed by atoms with E-state index in [-0.39, 0.29) is 6.04 Å². The Kier molecular flexibility index (Phi) is 3.81. The van der Waals surface area contributed by atoms with Crippen LogP contribution in [0.4, 0.5) is 5.82 Å². The number of aryl methyl sites for hydroxylation is 2. The highest BCUT2D eigenvalue weighted by atomic mass is 15.1. The van der Waals surface area contributed by atoms with Crippen LogP contribution in [0, 0.1) is 25.2 Å². The van der Waals surface area contributed by atoms with E-state index in [0.717, 1.165) is 23.5 Å². The first kappa shape index (κ1) is 13.1. The van der Waals surface area contributed by atoms with Crippen molar-refractivity contribution in [3.8, 4) is 6.07 Å². The third kappa shape index (κ3) is 2.74. The average Bonchev–Trinajstić information content (AvgIpc) is 2.89. The van der Waals surface area contributed by atoms with Crippen molar-refractivity contribution in [3.05, 3.63) is 41.1 Å². The van der Waals surface area contributed by atoms with Crippen LogP contribution >= 0.6 is 0 Å². The molecule has 5 heteroatoms. The first-order valence-electron chi connectivity index (χ1n) is 6.29. The second-order valence-electron chi connectivity index (χ2n) is 4.50. The lowest BCUT2D eigenvalue weighted by atomic mass is 10.1. The van der Waals surface area contributed by atoms with Gasteiger partial charge in [-0.05, 0) is 31.9 Å². The predicted octanol–water partition coefficient (Wildman–Crippen LogP) is 2.86. The van der Waals surface area contributed by atoms with Crippen molar-refractivity contribution >= 4 is 5.82 Å². The van der Waals surface area contributed by atoms with Gasteiger partial charge in [0.15, 0.2) is 0 Å². The van der Waals surface area contributed by atoms with E-state index in [2.05, 4.69) is 33.3 Å². The monoisotopic (exact) mass is 255 g/mol. The van der Waals surface area contributed by atoms with Crippen molar-refractivity contribution < 1.29 is 0 Å².